The molecule has 1 N–H and O–H groups in total. The Kier molecular flexibility index (Phi) is 5.58. The molecule has 0 bridgehead atoms. The first-order valence-corrected chi connectivity index (χ1v) is 8.35. The van der Waals surface area contributed by atoms with E-state index >= 15 is 0 Å². The molecule has 0 saturated carbocycles. The van der Waals surface area contributed by atoms with Crippen molar-refractivity contribution in [1.29, 1.82) is 0 Å². The second-order valence-corrected chi connectivity index (χ2v) is 7.40. The summed E-state index contributed by atoms with van der Waals surface area (Å²) in [5, 5.41) is 3.87. The highest BCUT2D eigenvalue weighted by atomic mass is 35.5. The molecular weight excluding hydrogens is 338 g/mol. The van der Waals surface area contributed by atoms with Crippen LogP contribution < -0.4 is 10.2 Å². The van der Waals surface area contributed by atoms with Crippen LogP contribution >= 0.6 is 11.6 Å². The molecule has 0 aliphatic rings. The lowest BCUT2D eigenvalue weighted by Gasteiger charge is -2.22. The van der Waals surface area contributed by atoms with Crippen LogP contribution in [0, 0.1) is 0 Å². The minimum Gasteiger partial charge on any atom is -0.465 e. The lowest BCUT2D eigenvalue weighted by Crippen LogP contribution is -2.17. The number of hydrogen-bond donors (Lipinski definition) is 1. The van der Waals surface area contributed by atoms with Crippen LogP contribution in [0.4, 0.5) is 17.2 Å². The first-order chi connectivity index (χ1) is 11.6. The van der Waals surface area contributed by atoms with Crippen LogP contribution in [0.3, 0.4) is 0 Å². The average molecular weight is 362 g/mol. The number of anilines is 3. The smallest absolute Gasteiger partial charge is 0.341 e. The number of carbonyl (C=O) groups is 1. The van der Waals surface area contributed by atoms with Gasteiger partial charge in [0.1, 0.15) is 11.4 Å². The van der Waals surface area contributed by atoms with Crippen molar-refractivity contribution >= 4 is 34.8 Å². The number of benzene rings is 1. The summed E-state index contributed by atoms with van der Waals surface area (Å²) in [6.07, 6.45) is 0. The molecule has 1 heterocycles. The van der Waals surface area contributed by atoms with Crippen molar-refractivity contribution in [3.05, 3.63) is 46.6 Å². The van der Waals surface area contributed by atoms with E-state index in [4.69, 9.17) is 16.3 Å². The molecule has 5 nitrogen and oxygen atoms in total. The maximum Gasteiger partial charge on any atom is 0.341 e. The summed E-state index contributed by atoms with van der Waals surface area (Å²) in [5.41, 5.74) is 2.68. The van der Waals surface area contributed by atoms with Gasteiger partial charge in [-0.25, -0.2) is 9.78 Å². The van der Waals surface area contributed by atoms with Gasteiger partial charge in [0, 0.05) is 25.2 Å². The van der Waals surface area contributed by atoms with E-state index in [0.717, 1.165) is 17.1 Å². The Morgan fingerprint density at radius 3 is 2.44 bits per heavy atom. The zero-order valence-electron chi connectivity index (χ0n) is 15.5. The lowest BCUT2D eigenvalue weighted by molar-refractivity contribution is 0.0601. The summed E-state index contributed by atoms with van der Waals surface area (Å²) < 4.78 is 4.89. The maximum absolute atomic E-state index is 12.1. The van der Waals surface area contributed by atoms with E-state index in [-0.39, 0.29) is 5.41 Å². The van der Waals surface area contributed by atoms with Gasteiger partial charge in [-0.2, -0.15) is 0 Å². The number of ether oxygens (including phenoxy) is 1. The van der Waals surface area contributed by atoms with Gasteiger partial charge in [0.05, 0.1) is 23.5 Å². The number of carbonyl (C=O) groups excluding carboxylic acids is 1. The van der Waals surface area contributed by atoms with Crippen LogP contribution in [0.1, 0.15) is 36.8 Å². The van der Waals surface area contributed by atoms with Crippen molar-refractivity contribution in [1.82, 2.24) is 4.98 Å². The number of methoxy groups -OCH3 is 1. The Balaban J connectivity index is 2.58. The Labute approximate surface area is 154 Å². The quantitative estimate of drug-likeness (QED) is 0.804. The summed E-state index contributed by atoms with van der Waals surface area (Å²) in [6, 6.07) is 9.16. The van der Waals surface area contributed by atoms with Crippen molar-refractivity contribution in [2.75, 3.05) is 31.4 Å². The highest BCUT2D eigenvalue weighted by Gasteiger charge is 2.21. The van der Waals surface area contributed by atoms with Gasteiger partial charge in [-0.3, -0.25) is 0 Å². The molecule has 0 unspecified atom stereocenters. The molecule has 2 rings (SSSR count). The fourth-order valence-corrected chi connectivity index (χ4v) is 2.79. The molecular formula is C19H24ClN3O2. The molecule has 134 valence electrons. The van der Waals surface area contributed by atoms with Gasteiger partial charge in [-0.05, 0) is 24.3 Å². The van der Waals surface area contributed by atoms with Crippen molar-refractivity contribution in [2.45, 2.75) is 26.2 Å². The van der Waals surface area contributed by atoms with Crippen LogP contribution in [0.25, 0.3) is 0 Å². The van der Waals surface area contributed by atoms with Gasteiger partial charge in [0.25, 0.3) is 0 Å². The molecule has 0 aliphatic carbocycles. The predicted molar refractivity (Wildman–Crippen MR) is 103 cm³/mol. The van der Waals surface area contributed by atoms with E-state index in [1.807, 2.05) is 43.3 Å². The number of aromatic nitrogens is 1. The number of pyridine rings is 1. The number of esters is 1. The second-order valence-electron chi connectivity index (χ2n) is 6.99. The maximum atomic E-state index is 12.1. The molecule has 0 saturated heterocycles. The Morgan fingerprint density at radius 2 is 1.88 bits per heavy atom. The van der Waals surface area contributed by atoms with Crippen molar-refractivity contribution in [2.24, 2.45) is 0 Å². The molecule has 6 heteroatoms. The number of nitrogens with one attached hydrogen (secondary N) is 1. The molecule has 0 aliphatic heterocycles. The molecule has 2 aromatic rings. The Hall–Kier alpha value is -2.27. The van der Waals surface area contributed by atoms with E-state index < -0.39 is 5.97 Å². The minimum absolute atomic E-state index is 0.149. The fraction of sp³-hybridized carbons (Fsp3) is 0.368. The van der Waals surface area contributed by atoms with E-state index in [1.54, 1.807) is 6.07 Å². The molecule has 1 aromatic heterocycles. The monoisotopic (exact) mass is 361 g/mol. The molecule has 25 heavy (non-hydrogen) atoms. The third-order valence-corrected chi connectivity index (χ3v) is 4.06. The van der Waals surface area contributed by atoms with Gasteiger partial charge >= 0.3 is 5.97 Å². The topological polar surface area (TPSA) is 54.5 Å². The average Bonchev–Trinajstić information content (AvgIpc) is 2.53. The molecule has 1 aromatic carbocycles. The van der Waals surface area contributed by atoms with E-state index in [2.05, 4.69) is 31.1 Å². The summed E-state index contributed by atoms with van der Waals surface area (Å²) in [5.74, 6) is 0.00790. The lowest BCUT2D eigenvalue weighted by atomic mass is 9.91. The first kappa shape index (κ1) is 19.1. The third kappa shape index (κ3) is 4.23. The van der Waals surface area contributed by atoms with E-state index in [1.165, 1.54) is 7.11 Å². The van der Waals surface area contributed by atoms with Crippen LogP contribution in [0.15, 0.2) is 30.3 Å². The Bertz CT molecular complexity index is 783. The van der Waals surface area contributed by atoms with Gasteiger partial charge in [-0.1, -0.05) is 38.4 Å². The van der Waals surface area contributed by atoms with E-state index in [0.29, 0.717) is 16.4 Å². The number of hydrogen-bond acceptors (Lipinski definition) is 5. The van der Waals surface area contributed by atoms with Crippen molar-refractivity contribution in [3.63, 3.8) is 0 Å². The normalized spacial score (nSPS) is 11.2. The molecule has 0 amide bonds. The van der Waals surface area contributed by atoms with Crippen LogP contribution in [-0.2, 0) is 10.2 Å². The second kappa shape index (κ2) is 7.31. The zero-order valence-corrected chi connectivity index (χ0v) is 16.2. The zero-order chi connectivity index (χ0) is 18.8. The first-order valence-electron chi connectivity index (χ1n) is 7.98. The largest absolute Gasteiger partial charge is 0.465 e. The summed E-state index contributed by atoms with van der Waals surface area (Å²) in [4.78, 5) is 18.7. The van der Waals surface area contributed by atoms with Gasteiger partial charge in [-0.15, -0.1) is 0 Å². The van der Waals surface area contributed by atoms with E-state index in [9.17, 15) is 4.79 Å². The van der Waals surface area contributed by atoms with Gasteiger partial charge in [0.15, 0.2) is 0 Å². The van der Waals surface area contributed by atoms with Gasteiger partial charge < -0.3 is 15.0 Å². The summed E-state index contributed by atoms with van der Waals surface area (Å²) in [6.45, 7) is 6.21. The molecule has 0 radical (unpaired) electrons. The highest BCUT2D eigenvalue weighted by Crippen LogP contribution is 2.35. The highest BCUT2D eigenvalue weighted by molar-refractivity contribution is 6.34. The number of nitrogens with zero attached hydrogens (tertiary/aromatic N) is 2. The number of halogens is 1. The molecule has 0 fully saturated rings. The number of rotatable bonds is 4. The predicted octanol–water partition coefficient (Wildman–Crippen LogP) is 4.63. The van der Waals surface area contributed by atoms with Crippen LogP contribution in [-0.4, -0.2) is 32.2 Å². The molecule has 0 atom stereocenters. The van der Waals surface area contributed by atoms with Crippen molar-refractivity contribution < 1.29 is 9.53 Å². The van der Waals surface area contributed by atoms with Gasteiger partial charge in [0.2, 0.25) is 0 Å². The minimum atomic E-state index is -0.441. The van der Waals surface area contributed by atoms with Crippen LogP contribution in [0.2, 0.25) is 5.02 Å². The fourth-order valence-electron chi connectivity index (χ4n) is 2.45. The Morgan fingerprint density at radius 1 is 1.20 bits per heavy atom. The third-order valence-electron chi connectivity index (χ3n) is 3.76. The van der Waals surface area contributed by atoms with Crippen LogP contribution in [0.5, 0.6) is 0 Å². The SMILES string of the molecule is COC(=O)c1ccc(C(C)(C)C)nc1Nc1cccc(Cl)c1N(C)C. The summed E-state index contributed by atoms with van der Waals surface area (Å²) >= 11 is 6.33. The standard InChI is InChI=1S/C19H24ClN3O2/c1-19(2,3)15-11-10-12(18(24)25-6)17(22-15)21-14-9-7-8-13(20)16(14)23(4)5/h7-11H,1-6H3,(H,21,22). The summed E-state index contributed by atoms with van der Waals surface area (Å²) in [7, 11) is 5.17. The molecule has 0 spiro atoms. The van der Waals surface area contributed by atoms with Crippen molar-refractivity contribution in [3.8, 4) is 0 Å². The number of para-hydroxylation sites is 1.